The summed E-state index contributed by atoms with van der Waals surface area (Å²) >= 11 is 7.74. The van der Waals surface area contributed by atoms with E-state index in [-0.39, 0.29) is 0 Å². The van der Waals surface area contributed by atoms with E-state index in [1.807, 2.05) is 36.4 Å². The minimum atomic E-state index is 0.603. The Morgan fingerprint density at radius 2 is 2.00 bits per heavy atom. The van der Waals surface area contributed by atoms with Gasteiger partial charge in [-0.25, -0.2) is 4.98 Å². The van der Waals surface area contributed by atoms with Gasteiger partial charge in [-0.15, -0.1) is 0 Å². The fourth-order valence-corrected chi connectivity index (χ4v) is 3.03. The van der Waals surface area contributed by atoms with Gasteiger partial charge >= 0.3 is 0 Å². The summed E-state index contributed by atoms with van der Waals surface area (Å²) in [7, 11) is 1.63. The number of hydrogen-bond acceptors (Lipinski definition) is 4. The Hall–Kier alpha value is -1.78. The largest absolute Gasteiger partial charge is 0.497 e. The van der Waals surface area contributed by atoms with E-state index in [0.29, 0.717) is 5.02 Å². The van der Waals surface area contributed by atoms with Crippen molar-refractivity contribution < 1.29 is 4.74 Å². The highest BCUT2D eigenvalue weighted by Crippen LogP contribution is 2.35. The van der Waals surface area contributed by atoms with Gasteiger partial charge in [0.05, 0.1) is 16.8 Å². The van der Waals surface area contributed by atoms with Crippen molar-refractivity contribution in [1.29, 1.82) is 0 Å². The van der Waals surface area contributed by atoms with Crippen molar-refractivity contribution in [3.63, 3.8) is 0 Å². The van der Waals surface area contributed by atoms with E-state index >= 15 is 0 Å². The standard InChI is InChI=1S/C14H11ClN2OS/c1-18-10-7-11(15)13-12(8-10)19-14(17-13)16-9-5-3-2-4-6-9/h2-8H,1H3,(H,16,17). The first kappa shape index (κ1) is 12.3. The number of benzene rings is 2. The first-order chi connectivity index (χ1) is 9.26. The monoisotopic (exact) mass is 290 g/mol. The molecule has 96 valence electrons. The summed E-state index contributed by atoms with van der Waals surface area (Å²) in [5.41, 5.74) is 1.80. The number of anilines is 2. The van der Waals surface area contributed by atoms with Gasteiger partial charge in [0.1, 0.15) is 11.3 Å². The SMILES string of the molecule is COc1cc(Cl)c2nc(Nc3ccccc3)sc2c1. The number of fused-ring (bicyclic) bond motifs is 1. The van der Waals surface area contributed by atoms with Crippen LogP contribution in [0.2, 0.25) is 5.02 Å². The number of thiazole rings is 1. The molecule has 2 aromatic carbocycles. The van der Waals surface area contributed by atoms with Crippen LogP contribution in [0.25, 0.3) is 10.2 Å². The van der Waals surface area contributed by atoms with Crippen molar-refractivity contribution in [2.45, 2.75) is 0 Å². The van der Waals surface area contributed by atoms with E-state index in [9.17, 15) is 0 Å². The average Bonchev–Trinajstić information content (AvgIpc) is 2.83. The summed E-state index contributed by atoms with van der Waals surface area (Å²) in [6.45, 7) is 0. The number of aromatic nitrogens is 1. The molecule has 0 aliphatic heterocycles. The van der Waals surface area contributed by atoms with Crippen LogP contribution in [0, 0.1) is 0 Å². The van der Waals surface area contributed by atoms with Gasteiger partial charge in [-0.1, -0.05) is 41.1 Å². The molecule has 0 aliphatic carbocycles. The zero-order valence-electron chi connectivity index (χ0n) is 10.2. The third-order valence-electron chi connectivity index (χ3n) is 2.68. The van der Waals surface area contributed by atoms with Gasteiger partial charge in [-0.3, -0.25) is 0 Å². The highest BCUT2D eigenvalue weighted by atomic mass is 35.5. The zero-order chi connectivity index (χ0) is 13.2. The Morgan fingerprint density at radius 3 is 2.74 bits per heavy atom. The molecule has 1 N–H and O–H groups in total. The van der Waals surface area contributed by atoms with Gasteiger partial charge in [0.15, 0.2) is 5.13 Å². The molecule has 0 atom stereocenters. The Labute approximate surface area is 119 Å². The molecule has 3 aromatic rings. The van der Waals surface area contributed by atoms with Crippen molar-refractivity contribution in [2.75, 3.05) is 12.4 Å². The number of ether oxygens (including phenoxy) is 1. The van der Waals surface area contributed by atoms with Crippen molar-refractivity contribution in [1.82, 2.24) is 4.98 Å². The Kier molecular flexibility index (Phi) is 3.27. The van der Waals surface area contributed by atoms with Crippen LogP contribution in [0.4, 0.5) is 10.8 Å². The van der Waals surface area contributed by atoms with Gasteiger partial charge < -0.3 is 10.1 Å². The predicted molar refractivity (Wildman–Crippen MR) is 80.9 cm³/mol. The Bertz CT molecular complexity index is 712. The summed E-state index contributed by atoms with van der Waals surface area (Å²) in [4.78, 5) is 4.50. The molecular formula is C14H11ClN2OS. The molecule has 1 aromatic heterocycles. The predicted octanol–water partition coefficient (Wildman–Crippen LogP) is 4.70. The first-order valence-corrected chi connectivity index (χ1v) is 6.92. The molecule has 0 saturated carbocycles. The number of halogens is 1. The number of nitrogens with zero attached hydrogens (tertiary/aromatic N) is 1. The van der Waals surface area contributed by atoms with E-state index < -0.39 is 0 Å². The Morgan fingerprint density at radius 1 is 1.21 bits per heavy atom. The quantitative estimate of drug-likeness (QED) is 0.759. The van der Waals surface area contributed by atoms with Crippen LogP contribution in [0.1, 0.15) is 0 Å². The molecule has 0 fully saturated rings. The molecule has 1 heterocycles. The van der Waals surface area contributed by atoms with Gasteiger partial charge in [0, 0.05) is 11.8 Å². The number of rotatable bonds is 3. The van der Waals surface area contributed by atoms with Crippen LogP contribution >= 0.6 is 22.9 Å². The second kappa shape index (κ2) is 5.07. The summed E-state index contributed by atoms with van der Waals surface area (Å²) in [6, 6.07) is 13.6. The fraction of sp³-hybridized carbons (Fsp3) is 0.0714. The maximum Gasteiger partial charge on any atom is 0.188 e. The number of para-hydroxylation sites is 1. The molecule has 5 heteroatoms. The summed E-state index contributed by atoms with van der Waals surface area (Å²) in [5, 5.41) is 4.69. The van der Waals surface area contributed by atoms with Crippen molar-refractivity contribution in [2.24, 2.45) is 0 Å². The summed E-state index contributed by atoms with van der Waals surface area (Å²) in [6.07, 6.45) is 0. The molecule has 0 amide bonds. The zero-order valence-corrected chi connectivity index (χ0v) is 11.8. The lowest BCUT2D eigenvalue weighted by atomic mass is 10.3. The smallest absolute Gasteiger partial charge is 0.188 e. The lowest BCUT2D eigenvalue weighted by molar-refractivity contribution is 0.415. The molecule has 19 heavy (non-hydrogen) atoms. The van der Waals surface area contributed by atoms with Crippen LogP contribution in [-0.4, -0.2) is 12.1 Å². The molecule has 0 aliphatic rings. The second-order valence-corrected chi connectivity index (χ2v) is 5.40. The van der Waals surface area contributed by atoms with Gasteiger partial charge in [0.2, 0.25) is 0 Å². The van der Waals surface area contributed by atoms with Crippen LogP contribution in [0.3, 0.4) is 0 Å². The number of hydrogen-bond donors (Lipinski definition) is 1. The maximum atomic E-state index is 6.19. The third-order valence-corrected chi connectivity index (χ3v) is 3.89. The molecule has 0 saturated heterocycles. The normalized spacial score (nSPS) is 10.6. The van der Waals surface area contributed by atoms with Gasteiger partial charge in [-0.2, -0.15) is 0 Å². The van der Waals surface area contributed by atoms with E-state index in [0.717, 1.165) is 26.8 Å². The van der Waals surface area contributed by atoms with Crippen molar-refractivity contribution >= 4 is 44.0 Å². The fourth-order valence-electron chi connectivity index (χ4n) is 1.78. The van der Waals surface area contributed by atoms with Crippen LogP contribution in [0.15, 0.2) is 42.5 Å². The van der Waals surface area contributed by atoms with E-state index in [4.69, 9.17) is 16.3 Å². The molecule has 3 nitrogen and oxygen atoms in total. The highest BCUT2D eigenvalue weighted by Gasteiger charge is 2.09. The molecule has 0 radical (unpaired) electrons. The van der Waals surface area contributed by atoms with E-state index in [1.54, 1.807) is 24.5 Å². The molecule has 0 bridgehead atoms. The summed E-state index contributed by atoms with van der Waals surface area (Å²) < 4.78 is 6.21. The van der Waals surface area contributed by atoms with Gasteiger partial charge in [-0.05, 0) is 18.2 Å². The lowest BCUT2D eigenvalue weighted by Gasteiger charge is -2.00. The molecular weight excluding hydrogens is 280 g/mol. The third kappa shape index (κ3) is 2.50. The highest BCUT2D eigenvalue weighted by molar-refractivity contribution is 7.22. The van der Waals surface area contributed by atoms with Crippen LogP contribution in [-0.2, 0) is 0 Å². The lowest BCUT2D eigenvalue weighted by Crippen LogP contribution is -1.87. The van der Waals surface area contributed by atoms with E-state index in [2.05, 4.69) is 10.3 Å². The Balaban J connectivity index is 2.00. The van der Waals surface area contributed by atoms with Crippen molar-refractivity contribution in [3.8, 4) is 5.75 Å². The molecule has 0 unspecified atom stereocenters. The minimum absolute atomic E-state index is 0.603. The maximum absolute atomic E-state index is 6.19. The van der Waals surface area contributed by atoms with E-state index in [1.165, 1.54) is 0 Å². The molecule has 3 rings (SSSR count). The van der Waals surface area contributed by atoms with Gasteiger partial charge in [0.25, 0.3) is 0 Å². The number of methoxy groups -OCH3 is 1. The van der Waals surface area contributed by atoms with Crippen LogP contribution in [0.5, 0.6) is 5.75 Å². The minimum Gasteiger partial charge on any atom is -0.497 e. The first-order valence-electron chi connectivity index (χ1n) is 5.72. The van der Waals surface area contributed by atoms with Crippen LogP contribution < -0.4 is 10.1 Å². The number of nitrogens with one attached hydrogen (secondary N) is 1. The van der Waals surface area contributed by atoms with Crippen molar-refractivity contribution in [3.05, 3.63) is 47.5 Å². The molecule has 0 spiro atoms. The summed E-state index contributed by atoms with van der Waals surface area (Å²) in [5.74, 6) is 0.743. The second-order valence-electron chi connectivity index (χ2n) is 3.97. The average molecular weight is 291 g/mol. The topological polar surface area (TPSA) is 34.1 Å².